The van der Waals surface area contributed by atoms with Gasteiger partial charge in [0.05, 0.1) is 6.61 Å². The summed E-state index contributed by atoms with van der Waals surface area (Å²) >= 11 is 0. The van der Waals surface area contributed by atoms with Crippen LogP contribution in [0.1, 0.15) is 58.3 Å². The number of hydrogen-bond donors (Lipinski definition) is 1. The van der Waals surface area contributed by atoms with Crippen molar-refractivity contribution in [3.05, 3.63) is 0 Å². The first-order valence-corrected chi connectivity index (χ1v) is 9.05. The lowest BCUT2D eigenvalue weighted by molar-refractivity contribution is 0.0714. The van der Waals surface area contributed by atoms with Crippen molar-refractivity contribution in [2.45, 2.75) is 64.3 Å². The summed E-state index contributed by atoms with van der Waals surface area (Å²) in [6.07, 6.45) is 11.3. The van der Waals surface area contributed by atoms with Crippen molar-refractivity contribution in [3.63, 3.8) is 0 Å². The molecule has 2 rings (SSSR count). The van der Waals surface area contributed by atoms with Crippen LogP contribution < -0.4 is 5.32 Å². The molecule has 1 N–H and O–H groups in total. The molecule has 0 radical (unpaired) electrons. The molecule has 0 heterocycles. The lowest BCUT2D eigenvalue weighted by Crippen LogP contribution is -2.48. The van der Waals surface area contributed by atoms with Crippen molar-refractivity contribution >= 4 is 0 Å². The van der Waals surface area contributed by atoms with Crippen LogP contribution in [-0.2, 0) is 4.74 Å². The number of ether oxygens (including phenoxy) is 1. The molecular weight excluding hydrogens is 260 g/mol. The first-order valence-electron chi connectivity index (χ1n) is 9.05. The van der Waals surface area contributed by atoms with Crippen molar-refractivity contribution in [1.29, 1.82) is 0 Å². The van der Waals surface area contributed by atoms with Crippen LogP contribution in [0.3, 0.4) is 0 Å². The Hall–Kier alpha value is -0.120. The van der Waals surface area contributed by atoms with E-state index in [9.17, 15) is 0 Å². The van der Waals surface area contributed by atoms with Crippen LogP contribution in [0.5, 0.6) is 0 Å². The van der Waals surface area contributed by atoms with Gasteiger partial charge in [-0.05, 0) is 44.1 Å². The van der Waals surface area contributed by atoms with Gasteiger partial charge in [-0.3, -0.25) is 0 Å². The molecule has 21 heavy (non-hydrogen) atoms. The van der Waals surface area contributed by atoms with Gasteiger partial charge >= 0.3 is 0 Å². The zero-order valence-electron chi connectivity index (χ0n) is 14.5. The number of hydrogen-bond acceptors (Lipinski definition) is 3. The lowest BCUT2D eigenvalue weighted by atomic mass is 9.69. The van der Waals surface area contributed by atoms with E-state index >= 15 is 0 Å². The Morgan fingerprint density at radius 2 is 1.95 bits per heavy atom. The molecule has 0 aliphatic heterocycles. The van der Waals surface area contributed by atoms with Crippen LogP contribution >= 0.6 is 0 Å². The first-order chi connectivity index (χ1) is 10.2. The topological polar surface area (TPSA) is 24.5 Å². The van der Waals surface area contributed by atoms with Gasteiger partial charge in [0.2, 0.25) is 0 Å². The highest BCUT2D eigenvalue weighted by Crippen LogP contribution is 2.40. The van der Waals surface area contributed by atoms with Crippen molar-refractivity contribution < 1.29 is 4.74 Å². The van der Waals surface area contributed by atoms with Crippen LogP contribution in [0, 0.1) is 11.3 Å². The summed E-state index contributed by atoms with van der Waals surface area (Å²) in [5.74, 6) is 0.889. The molecule has 0 aromatic carbocycles. The molecule has 2 aliphatic rings. The first kappa shape index (κ1) is 17.2. The van der Waals surface area contributed by atoms with Gasteiger partial charge in [0.25, 0.3) is 0 Å². The number of nitrogens with one attached hydrogen (secondary N) is 1. The van der Waals surface area contributed by atoms with Gasteiger partial charge in [-0.2, -0.15) is 0 Å². The highest BCUT2D eigenvalue weighted by atomic mass is 16.5. The normalized spacial score (nSPS) is 31.1. The lowest BCUT2D eigenvalue weighted by Gasteiger charge is -2.44. The molecule has 0 saturated heterocycles. The maximum absolute atomic E-state index is 5.17. The molecule has 2 saturated carbocycles. The van der Waals surface area contributed by atoms with Crippen molar-refractivity contribution in [2.24, 2.45) is 11.3 Å². The predicted octanol–water partition coefficient (Wildman–Crippen LogP) is 3.29. The van der Waals surface area contributed by atoms with Crippen LogP contribution in [0.25, 0.3) is 0 Å². The molecule has 0 aromatic heterocycles. The average Bonchev–Trinajstić information content (AvgIpc) is 2.98. The van der Waals surface area contributed by atoms with Crippen molar-refractivity contribution in [1.82, 2.24) is 10.2 Å². The third-order valence-electron chi connectivity index (χ3n) is 5.70. The number of nitrogens with zero attached hydrogens (tertiary/aromatic N) is 1. The molecule has 0 aromatic rings. The summed E-state index contributed by atoms with van der Waals surface area (Å²) in [6.45, 7) is 6.70. The largest absolute Gasteiger partial charge is 0.383 e. The SMILES string of the molecule is COCCNCC1(CN(C)C2CCCC2)CCCC(C)C1. The van der Waals surface area contributed by atoms with E-state index in [0.29, 0.717) is 5.41 Å². The zero-order chi connectivity index (χ0) is 15.1. The molecule has 0 amide bonds. The highest BCUT2D eigenvalue weighted by Gasteiger charge is 2.37. The molecule has 3 heteroatoms. The van der Waals surface area contributed by atoms with E-state index in [1.165, 1.54) is 57.9 Å². The Bertz CT molecular complexity index is 291. The van der Waals surface area contributed by atoms with E-state index in [4.69, 9.17) is 4.74 Å². The molecule has 2 unspecified atom stereocenters. The van der Waals surface area contributed by atoms with Crippen LogP contribution in [0.4, 0.5) is 0 Å². The van der Waals surface area contributed by atoms with Crippen LogP contribution in [-0.4, -0.2) is 51.3 Å². The van der Waals surface area contributed by atoms with E-state index in [0.717, 1.165) is 31.7 Å². The van der Waals surface area contributed by atoms with E-state index in [1.54, 1.807) is 7.11 Å². The minimum Gasteiger partial charge on any atom is -0.383 e. The zero-order valence-corrected chi connectivity index (χ0v) is 14.5. The number of rotatable bonds is 8. The van der Waals surface area contributed by atoms with Gasteiger partial charge in [0, 0.05) is 32.8 Å². The summed E-state index contributed by atoms with van der Waals surface area (Å²) < 4.78 is 5.17. The second-order valence-electron chi connectivity index (χ2n) is 7.72. The molecule has 2 atom stereocenters. The third-order valence-corrected chi connectivity index (χ3v) is 5.70. The smallest absolute Gasteiger partial charge is 0.0587 e. The van der Waals surface area contributed by atoms with Gasteiger partial charge in [-0.15, -0.1) is 0 Å². The quantitative estimate of drug-likeness (QED) is 0.696. The Kier molecular flexibility index (Phi) is 6.97. The Labute approximate surface area is 131 Å². The Balaban J connectivity index is 1.90. The molecule has 2 aliphatic carbocycles. The maximum atomic E-state index is 5.17. The maximum Gasteiger partial charge on any atom is 0.0587 e. The molecular formula is C18H36N2O. The molecule has 0 bridgehead atoms. The fraction of sp³-hybridized carbons (Fsp3) is 1.00. The fourth-order valence-corrected chi connectivity index (χ4v) is 4.66. The van der Waals surface area contributed by atoms with Crippen LogP contribution in [0.15, 0.2) is 0 Å². The predicted molar refractivity (Wildman–Crippen MR) is 89.7 cm³/mol. The summed E-state index contributed by atoms with van der Waals surface area (Å²) in [4.78, 5) is 2.68. The van der Waals surface area contributed by atoms with E-state index in [-0.39, 0.29) is 0 Å². The van der Waals surface area contributed by atoms with Crippen molar-refractivity contribution in [3.8, 4) is 0 Å². The molecule has 124 valence electrons. The summed E-state index contributed by atoms with van der Waals surface area (Å²) in [6, 6.07) is 0.845. The summed E-state index contributed by atoms with van der Waals surface area (Å²) in [5, 5.41) is 3.66. The van der Waals surface area contributed by atoms with Crippen molar-refractivity contribution in [2.75, 3.05) is 40.4 Å². The Morgan fingerprint density at radius 1 is 1.19 bits per heavy atom. The van der Waals surface area contributed by atoms with Gasteiger partial charge in [-0.1, -0.05) is 32.6 Å². The molecule has 3 nitrogen and oxygen atoms in total. The van der Waals surface area contributed by atoms with Crippen LogP contribution in [0.2, 0.25) is 0 Å². The molecule has 2 fully saturated rings. The average molecular weight is 296 g/mol. The Morgan fingerprint density at radius 3 is 2.62 bits per heavy atom. The van der Waals surface area contributed by atoms with E-state index in [2.05, 4.69) is 24.2 Å². The van der Waals surface area contributed by atoms with Gasteiger partial charge in [0.15, 0.2) is 0 Å². The van der Waals surface area contributed by atoms with Gasteiger partial charge in [-0.25, -0.2) is 0 Å². The standard InChI is InChI=1S/C18H36N2O/c1-16-7-6-10-18(13-16,14-19-11-12-21-3)15-20(2)17-8-4-5-9-17/h16-17,19H,4-15H2,1-3H3. The van der Waals surface area contributed by atoms with Gasteiger partial charge < -0.3 is 15.0 Å². The second-order valence-corrected chi connectivity index (χ2v) is 7.72. The monoisotopic (exact) mass is 296 g/mol. The summed E-state index contributed by atoms with van der Waals surface area (Å²) in [5.41, 5.74) is 0.489. The highest BCUT2D eigenvalue weighted by molar-refractivity contribution is 4.91. The fourth-order valence-electron chi connectivity index (χ4n) is 4.66. The second kappa shape index (κ2) is 8.50. The minimum absolute atomic E-state index is 0.489. The molecule has 0 spiro atoms. The summed E-state index contributed by atoms with van der Waals surface area (Å²) in [7, 11) is 4.15. The minimum atomic E-state index is 0.489. The van der Waals surface area contributed by atoms with Gasteiger partial charge in [0.1, 0.15) is 0 Å². The third kappa shape index (κ3) is 5.22. The van der Waals surface area contributed by atoms with E-state index in [1.807, 2.05) is 0 Å². The van der Waals surface area contributed by atoms with E-state index < -0.39 is 0 Å². The number of methoxy groups -OCH3 is 1.